The molecule has 0 bridgehead atoms. The van der Waals surface area contributed by atoms with Gasteiger partial charge in [-0.25, -0.2) is 0 Å². The van der Waals surface area contributed by atoms with E-state index >= 15 is 0 Å². The number of carboxylic acid groups (broad SMARTS) is 1. The number of rotatable bonds is 38. The van der Waals surface area contributed by atoms with Crippen LogP contribution in [0.15, 0.2) is 60.8 Å². The Morgan fingerprint density at radius 3 is 1.50 bits per heavy atom. The van der Waals surface area contributed by atoms with Crippen LogP contribution in [0, 0.1) is 0 Å². The van der Waals surface area contributed by atoms with Crippen LogP contribution in [0.4, 0.5) is 0 Å². The van der Waals surface area contributed by atoms with Crippen LogP contribution in [0.3, 0.4) is 0 Å². The first kappa shape index (κ1) is 49.1. The molecule has 52 heavy (non-hydrogen) atoms. The van der Waals surface area contributed by atoms with Gasteiger partial charge in [-0.1, -0.05) is 145 Å². The Hall–Kier alpha value is -2.89. The van der Waals surface area contributed by atoms with Gasteiger partial charge in [0.25, 0.3) is 0 Å². The van der Waals surface area contributed by atoms with Crippen molar-refractivity contribution in [1.82, 2.24) is 5.32 Å². The van der Waals surface area contributed by atoms with Crippen molar-refractivity contribution in [1.29, 1.82) is 0 Å². The van der Waals surface area contributed by atoms with Gasteiger partial charge in [0.05, 0.1) is 0 Å². The minimum absolute atomic E-state index is 0.0187. The van der Waals surface area contributed by atoms with Crippen molar-refractivity contribution in [3.8, 4) is 0 Å². The summed E-state index contributed by atoms with van der Waals surface area (Å²) >= 11 is 0. The summed E-state index contributed by atoms with van der Waals surface area (Å²) in [6.45, 7) is 4.10. The topological polar surface area (TPSA) is 92.7 Å². The fraction of sp³-hybridized carbons (Fsp3) is 0.717. The Balaban J connectivity index is 4.30. The van der Waals surface area contributed by atoms with Crippen LogP contribution in [0.2, 0.25) is 0 Å². The highest BCUT2D eigenvalue weighted by atomic mass is 16.5. The van der Waals surface area contributed by atoms with E-state index in [0.717, 1.165) is 103 Å². The molecule has 2 N–H and O–H groups in total. The van der Waals surface area contributed by atoms with Crippen molar-refractivity contribution in [2.45, 2.75) is 206 Å². The minimum atomic E-state index is -1.02. The van der Waals surface area contributed by atoms with Gasteiger partial charge in [-0.05, 0) is 103 Å². The van der Waals surface area contributed by atoms with Crippen LogP contribution in [-0.4, -0.2) is 35.6 Å². The highest BCUT2D eigenvalue weighted by Crippen LogP contribution is 2.18. The van der Waals surface area contributed by atoms with E-state index < -0.39 is 5.97 Å². The third-order valence-electron chi connectivity index (χ3n) is 9.17. The quantitative estimate of drug-likeness (QED) is 0.0375. The van der Waals surface area contributed by atoms with Crippen molar-refractivity contribution in [2.75, 3.05) is 6.54 Å². The Labute approximate surface area is 320 Å². The van der Waals surface area contributed by atoms with E-state index in [9.17, 15) is 14.4 Å². The number of ether oxygens (including phenoxy) is 1. The molecular formula is C46H79NO5. The number of carboxylic acids is 1. The number of nitrogens with one attached hydrogen (secondary N) is 1. The van der Waals surface area contributed by atoms with E-state index in [2.05, 4.69) is 79.9 Å². The maximum Gasteiger partial charge on any atom is 0.322 e. The SMILES string of the molecule is CC/C=C\C/C=C\C/C=C\C/C=C\CCCCC(CCCCCCCC(=O)NCC(=O)O)OC(=O)CCCCCCC/C=C\CCCCCCCC. The van der Waals surface area contributed by atoms with Gasteiger partial charge in [-0.15, -0.1) is 0 Å². The molecule has 0 spiro atoms. The Bertz CT molecular complexity index is 979. The number of carbonyl (C=O) groups excluding carboxylic acids is 2. The van der Waals surface area contributed by atoms with Gasteiger partial charge in [0, 0.05) is 12.8 Å². The number of carbonyl (C=O) groups is 3. The molecule has 6 heteroatoms. The van der Waals surface area contributed by atoms with E-state index in [1.807, 2.05) is 0 Å². The third-order valence-corrected chi connectivity index (χ3v) is 9.17. The summed E-state index contributed by atoms with van der Waals surface area (Å²) < 4.78 is 6.01. The number of esters is 1. The number of hydrogen-bond donors (Lipinski definition) is 2. The number of hydrogen-bond acceptors (Lipinski definition) is 4. The lowest BCUT2D eigenvalue weighted by molar-refractivity contribution is -0.150. The summed E-state index contributed by atoms with van der Waals surface area (Å²) in [5.41, 5.74) is 0. The zero-order valence-electron chi connectivity index (χ0n) is 33.6. The first-order valence-corrected chi connectivity index (χ1v) is 21.4. The molecule has 298 valence electrons. The molecule has 0 saturated heterocycles. The van der Waals surface area contributed by atoms with Crippen LogP contribution >= 0.6 is 0 Å². The molecule has 0 aromatic heterocycles. The fourth-order valence-electron chi connectivity index (χ4n) is 6.03. The fourth-order valence-corrected chi connectivity index (χ4v) is 6.03. The predicted molar refractivity (Wildman–Crippen MR) is 221 cm³/mol. The van der Waals surface area contributed by atoms with Crippen molar-refractivity contribution in [2.24, 2.45) is 0 Å². The smallest absolute Gasteiger partial charge is 0.322 e. The van der Waals surface area contributed by atoms with Gasteiger partial charge in [0.15, 0.2) is 0 Å². The van der Waals surface area contributed by atoms with Crippen molar-refractivity contribution < 1.29 is 24.2 Å². The minimum Gasteiger partial charge on any atom is -0.480 e. The van der Waals surface area contributed by atoms with E-state index in [0.29, 0.717) is 12.8 Å². The van der Waals surface area contributed by atoms with Gasteiger partial charge in [-0.3, -0.25) is 14.4 Å². The average Bonchev–Trinajstić information content (AvgIpc) is 3.13. The van der Waals surface area contributed by atoms with Crippen molar-refractivity contribution >= 4 is 17.8 Å². The molecule has 0 saturated carbocycles. The standard InChI is InChI=1S/C46H79NO5/c1-3-5-7-9-11-13-15-17-19-21-23-25-27-30-34-38-43(39-35-31-29-32-36-40-44(48)47-42-45(49)50)52-46(51)41-37-33-28-26-24-22-20-18-16-14-12-10-8-6-4-2/h5,7,11,13,17-20,23,25,43H,3-4,6,8-10,12,14-16,21-22,24,26-42H2,1-2H3,(H,47,48)(H,49,50)/b7-5-,13-11-,19-17-,20-18-,25-23-. The molecule has 0 radical (unpaired) electrons. The molecule has 6 nitrogen and oxygen atoms in total. The normalized spacial score (nSPS) is 12.7. The number of aliphatic carboxylic acids is 1. The van der Waals surface area contributed by atoms with Crippen LogP contribution < -0.4 is 5.32 Å². The summed E-state index contributed by atoms with van der Waals surface area (Å²) in [6, 6.07) is 0. The first-order chi connectivity index (χ1) is 25.5. The summed E-state index contributed by atoms with van der Waals surface area (Å²) in [6.07, 6.45) is 53.4. The first-order valence-electron chi connectivity index (χ1n) is 21.4. The average molecular weight is 726 g/mol. The summed E-state index contributed by atoms with van der Waals surface area (Å²) in [7, 11) is 0. The Morgan fingerprint density at radius 2 is 0.942 bits per heavy atom. The van der Waals surface area contributed by atoms with Gasteiger partial charge in [0.2, 0.25) is 5.91 Å². The lowest BCUT2D eigenvalue weighted by atomic mass is 10.0. The van der Waals surface area contributed by atoms with Crippen molar-refractivity contribution in [3.63, 3.8) is 0 Å². The number of unbranched alkanes of at least 4 members (excludes halogenated alkanes) is 17. The van der Waals surface area contributed by atoms with Crippen molar-refractivity contribution in [3.05, 3.63) is 60.8 Å². The Kier molecular flexibility index (Phi) is 38.6. The van der Waals surface area contributed by atoms with E-state index in [-0.39, 0.29) is 24.5 Å². The van der Waals surface area contributed by atoms with E-state index in [1.165, 1.54) is 70.6 Å². The lowest BCUT2D eigenvalue weighted by Gasteiger charge is -2.18. The molecule has 0 heterocycles. The van der Waals surface area contributed by atoms with E-state index in [4.69, 9.17) is 9.84 Å². The zero-order chi connectivity index (χ0) is 38.0. The Morgan fingerprint density at radius 1 is 0.519 bits per heavy atom. The molecule has 1 unspecified atom stereocenters. The summed E-state index contributed by atoms with van der Waals surface area (Å²) in [5.74, 6) is -1.27. The van der Waals surface area contributed by atoms with Gasteiger partial charge >= 0.3 is 11.9 Å². The van der Waals surface area contributed by atoms with Crippen LogP contribution in [0.5, 0.6) is 0 Å². The maximum atomic E-state index is 12.8. The highest BCUT2D eigenvalue weighted by Gasteiger charge is 2.14. The van der Waals surface area contributed by atoms with Gasteiger partial charge in [0.1, 0.15) is 12.6 Å². The van der Waals surface area contributed by atoms with Crippen LogP contribution in [-0.2, 0) is 19.1 Å². The lowest BCUT2D eigenvalue weighted by Crippen LogP contribution is -2.28. The second-order valence-corrected chi connectivity index (χ2v) is 14.2. The molecule has 0 aromatic carbocycles. The van der Waals surface area contributed by atoms with E-state index in [1.54, 1.807) is 0 Å². The largest absolute Gasteiger partial charge is 0.480 e. The monoisotopic (exact) mass is 726 g/mol. The van der Waals surface area contributed by atoms with Gasteiger partial charge < -0.3 is 15.2 Å². The number of amides is 1. The predicted octanol–water partition coefficient (Wildman–Crippen LogP) is 13.2. The van der Waals surface area contributed by atoms with Crippen LogP contribution in [0.1, 0.15) is 200 Å². The molecule has 1 amide bonds. The molecule has 0 aliphatic heterocycles. The van der Waals surface area contributed by atoms with Crippen LogP contribution in [0.25, 0.3) is 0 Å². The molecule has 0 aliphatic carbocycles. The van der Waals surface area contributed by atoms with Gasteiger partial charge in [-0.2, -0.15) is 0 Å². The second-order valence-electron chi connectivity index (χ2n) is 14.2. The molecular weight excluding hydrogens is 647 g/mol. The molecule has 0 aliphatic rings. The third kappa shape index (κ3) is 39.9. The molecule has 0 aromatic rings. The summed E-state index contributed by atoms with van der Waals surface area (Å²) in [5, 5.41) is 11.1. The summed E-state index contributed by atoms with van der Waals surface area (Å²) in [4.78, 5) is 35.0. The second kappa shape index (κ2) is 40.9. The molecule has 0 rings (SSSR count). The molecule has 0 fully saturated rings. The number of allylic oxidation sites excluding steroid dienone is 10. The highest BCUT2D eigenvalue weighted by molar-refractivity contribution is 5.80. The zero-order valence-corrected chi connectivity index (χ0v) is 33.6. The maximum absolute atomic E-state index is 12.8. The molecule has 1 atom stereocenters.